The van der Waals surface area contributed by atoms with Crippen LogP contribution in [0.1, 0.15) is 36.7 Å². The predicted octanol–water partition coefficient (Wildman–Crippen LogP) is 4.25. The van der Waals surface area contributed by atoms with Crippen LogP contribution in [0.25, 0.3) is 0 Å². The van der Waals surface area contributed by atoms with E-state index in [0.29, 0.717) is 11.5 Å². The lowest BCUT2D eigenvalue weighted by Crippen LogP contribution is -2.45. The van der Waals surface area contributed by atoms with Gasteiger partial charge in [-0.1, -0.05) is 24.3 Å². The zero-order valence-corrected chi connectivity index (χ0v) is 18.4. The highest BCUT2D eigenvalue weighted by molar-refractivity contribution is 6.11. The highest BCUT2D eigenvalue weighted by atomic mass is 19.1. The molecule has 1 aliphatic heterocycles. The number of aryl methyl sites for hydroxylation is 1. The van der Waals surface area contributed by atoms with Crippen molar-refractivity contribution in [2.75, 3.05) is 9.80 Å². The molecule has 2 saturated carbocycles. The van der Waals surface area contributed by atoms with Gasteiger partial charge in [-0.15, -0.1) is 0 Å². The Morgan fingerprint density at radius 3 is 2.64 bits per heavy atom. The van der Waals surface area contributed by atoms with Gasteiger partial charge >= 0.3 is 0 Å². The van der Waals surface area contributed by atoms with E-state index in [1.807, 2.05) is 36.1 Å². The van der Waals surface area contributed by atoms with E-state index in [4.69, 9.17) is 0 Å². The van der Waals surface area contributed by atoms with Gasteiger partial charge in [0, 0.05) is 35.4 Å². The Morgan fingerprint density at radius 2 is 1.91 bits per heavy atom. The Bertz CT molecular complexity index is 1240. The number of aromatic nitrogens is 2. The number of amides is 2. The number of halogens is 1. The molecular formula is C26H25FN4O2. The standard InChI is InChI=1S/C26H25FN4O2/c1-16-28-9-10-29(16)15-24(32)31(20-6-4-5-19(27)14-20)25-22-7-2-3-8-23(22)30(26(25)33)21-12-17-11-18(17)13-21/h2-10,14,17-18,21,25H,11-13,15H2,1H3. The summed E-state index contributed by atoms with van der Waals surface area (Å²) in [5.41, 5.74) is 2.04. The van der Waals surface area contributed by atoms with E-state index in [1.54, 1.807) is 29.1 Å². The minimum absolute atomic E-state index is 0.0157. The normalized spacial score (nSPS) is 25.2. The highest BCUT2D eigenvalue weighted by Crippen LogP contribution is 2.55. The number of carbonyl (C=O) groups is 2. The van der Waals surface area contributed by atoms with E-state index in [-0.39, 0.29) is 24.4 Å². The zero-order chi connectivity index (χ0) is 22.7. The van der Waals surface area contributed by atoms with Gasteiger partial charge in [-0.05, 0) is 62.3 Å². The fourth-order valence-corrected chi connectivity index (χ4v) is 5.70. The molecule has 2 fully saturated rings. The van der Waals surface area contributed by atoms with Gasteiger partial charge in [0.25, 0.3) is 5.91 Å². The van der Waals surface area contributed by atoms with Crippen molar-refractivity contribution in [3.05, 3.63) is 78.1 Å². The monoisotopic (exact) mass is 444 g/mol. The fraction of sp³-hybridized carbons (Fsp3) is 0.346. The second kappa shape index (κ2) is 7.54. The molecule has 0 saturated heterocycles. The number of para-hydroxylation sites is 1. The minimum atomic E-state index is -0.823. The Morgan fingerprint density at radius 1 is 1.12 bits per heavy atom. The topological polar surface area (TPSA) is 58.4 Å². The molecule has 2 amide bonds. The van der Waals surface area contributed by atoms with Crippen molar-refractivity contribution in [3.63, 3.8) is 0 Å². The van der Waals surface area contributed by atoms with Gasteiger partial charge in [0.15, 0.2) is 0 Å². The van der Waals surface area contributed by atoms with Crippen LogP contribution in [0.4, 0.5) is 15.8 Å². The molecule has 3 aromatic rings. The molecule has 168 valence electrons. The first-order valence-corrected chi connectivity index (χ1v) is 11.5. The van der Waals surface area contributed by atoms with Gasteiger partial charge in [0.1, 0.15) is 24.2 Å². The van der Waals surface area contributed by atoms with Crippen LogP contribution in [-0.4, -0.2) is 27.4 Å². The molecular weight excluding hydrogens is 419 g/mol. The first-order chi connectivity index (χ1) is 16.0. The third kappa shape index (κ3) is 3.34. The molecule has 1 aromatic heterocycles. The molecule has 0 radical (unpaired) electrons. The Kier molecular flexibility index (Phi) is 4.60. The van der Waals surface area contributed by atoms with Crippen LogP contribution in [0.3, 0.4) is 0 Å². The van der Waals surface area contributed by atoms with Crippen molar-refractivity contribution in [3.8, 4) is 0 Å². The molecule has 2 aromatic carbocycles. The SMILES string of the molecule is Cc1nccn1CC(=O)N(c1cccc(F)c1)C1C(=O)N(C2CC3CC3C2)c2ccccc21. The van der Waals surface area contributed by atoms with Crippen molar-refractivity contribution in [2.24, 2.45) is 11.8 Å². The molecule has 3 unspecified atom stereocenters. The molecule has 6 rings (SSSR count). The van der Waals surface area contributed by atoms with Crippen LogP contribution in [-0.2, 0) is 16.1 Å². The first-order valence-electron chi connectivity index (χ1n) is 11.5. The van der Waals surface area contributed by atoms with E-state index in [2.05, 4.69) is 4.98 Å². The largest absolute Gasteiger partial charge is 0.326 e. The number of anilines is 2. The number of imidazole rings is 1. The van der Waals surface area contributed by atoms with Crippen molar-refractivity contribution in [1.29, 1.82) is 0 Å². The van der Waals surface area contributed by atoms with Crippen LogP contribution in [0, 0.1) is 24.6 Å². The van der Waals surface area contributed by atoms with Crippen molar-refractivity contribution in [1.82, 2.24) is 9.55 Å². The number of hydrogen-bond acceptors (Lipinski definition) is 3. The number of rotatable bonds is 5. The summed E-state index contributed by atoms with van der Waals surface area (Å²) in [5, 5.41) is 0. The van der Waals surface area contributed by atoms with E-state index in [0.717, 1.165) is 35.9 Å². The van der Waals surface area contributed by atoms with Gasteiger partial charge in [0.2, 0.25) is 5.91 Å². The average Bonchev–Trinajstić information content (AvgIpc) is 3.08. The maximum atomic E-state index is 14.2. The second-order valence-corrected chi connectivity index (χ2v) is 9.40. The van der Waals surface area contributed by atoms with E-state index < -0.39 is 11.9 Å². The summed E-state index contributed by atoms with van der Waals surface area (Å²) in [6.45, 7) is 1.84. The number of nitrogens with zero attached hydrogens (tertiary/aromatic N) is 4. The average molecular weight is 445 g/mol. The lowest BCUT2D eigenvalue weighted by Gasteiger charge is -2.31. The number of fused-ring (bicyclic) bond motifs is 2. The summed E-state index contributed by atoms with van der Waals surface area (Å²) in [7, 11) is 0. The molecule has 0 bridgehead atoms. The van der Waals surface area contributed by atoms with Gasteiger partial charge < -0.3 is 9.47 Å². The van der Waals surface area contributed by atoms with Crippen LogP contribution in [0.15, 0.2) is 60.9 Å². The summed E-state index contributed by atoms with van der Waals surface area (Å²) in [6.07, 6.45) is 6.66. The van der Waals surface area contributed by atoms with Crippen LogP contribution in [0.5, 0.6) is 0 Å². The molecule has 3 atom stereocenters. The maximum absolute atomic E-state index is 14.2. The first kappa shape index (κ1) is 20.1. The van der Waals surface area contributed by atoms with E-state index in [9.17, 15) is 14.0 Å². The lowest BCUT2D eigenvalue weighted by atomic mass is 10.1. The minimum Gasteiger partial charge on any atom is -0.326 e. The Hall–Kier alpha value is -3.48. The molecule has 3 aliphatic rings. The molecule has 0 spiro atoms. The van der Waals surface area contributed by atoms with Crippen LogP contribution in [0.2, 0.25) is 0 Å². The molecule has 33 heavy (non-hydrogen) atoms. The van der Waals surface area contributed by atoms with E-state index in [1.165, 1.54) is 23.5 Å². The fourth-order valence-electron chi connectivity index (χ4n) is 5.70. The van der Waals surface area contributed by atoms with Crippen LogP contribution >= 0.6 is 0 Å². The third-order valence-corrected chi connectivity index (χ3v) is 7.39. The molecule has 7 heteroatoms. The van der Waals surface area contributed by atoms with E-state index >= 15 is 0 Å². The molecule has 2 heterocycles. The maximum Gasteiger partial charge on any atom is 0.255 e. The molecule has 2 aliphatic carbocycles. The van der Waals surface area contributed by atoms with Gasteiger partial charge in [-0.3, -0.25) is 14.5 Å². The zero-order valence-electron chi connectivity index (χ0n) is 18.4. The van der Waals surface area contributed by atoms with Crippen molar-refractivity contribution < 1.29 is 14.0 Å². The highest BCUT2D eigenvalue weighted by Gasteiger charge is 2.53. The third-order valence-electron chi connectivity index (χ3n) is 7.39. The quantitative estimate of drug-likeness (QED) is 0.591. The summed E-state index contributed by atoms with van der Waals surface area (Å²) in [4.78, 5) is 35.2. The summed E-state index contributed by atoms with van der Waals surface area (Å²) >= 11 is 0. The number of benzene rings is 2. The summed E-state index contributed by atoms with van der Waals surface area (Å²) in [6, 6.07) is 13.0. The smallest absolute Gasteiger partial charge is 0.255 e. The number of hydrogen-bond donors (Lipinski definition) is 0. The van der Waals surface area contributed by atoms with Crippen molar-refractivity contribution >= 4 is 23.2 Å². The predicted molar refractivity (Wildman–Crippen MR) is 122 cm³/mol. The van der Waals surface area contributed by atoms with Crippen molar-refractivity contribution in [2.45, 2.75) is 44.8 Å². The van der Waals surface area contributed by atoms with Crippen LogP contribution < -0.4 is 9.80 Å². The summed E-state index contributed by atoms with van der Waals surface area (Å²) in [5.74, 6) is 1.30. The van der Waals surface area contributed by atoms with Gasteiger partial charge in [-0.2, -0.15) is 0 Å². The lowest BCUT2D eigenvalue weighted by molar-refractivity contribution is -0.125. The van der Waals surface area contributed by atoms with Gasteiger partial charge in [-0.25, -0.2) is 9.37 Å². The number of carbonyl (C=O) groups excluding carboxylic acids is 2. The van der Waals surface area contributed by atoms with Gasteiger partial charge in [0.05, 0.1) is 0 Å². The molecule has 0 N–H and O–H groups in total. The summed E-state index contributed by atoms with van der Waals surface area (Å²) < 4.78 is 16.0. The molecule has 6 nitrogen and oxygen atoms in total. The Balaban J connectivity index is 1.42. The Labute approximate surface area is 191 Å². The second-order valence-electron chi connectivity index (χ2n) is 9.40.